The molecule has 0 aliphatic carbocycles. The highest BCUT2D eigenvalue weighted by Crippen LogP contribution is 2.27. The van der Waals surface area contributed by atoms with Gasteiger partial charge in [-0.05, 0) is 18.4 Å². The first-order valence-electron chi connectivity index (χ1n) is 5.76. The molecule has 0 fully saturated rings. The quantitative estimate of drug-likeness (QED) is 0.885. The standard InChI is InChI=1S/C12H11N5O2S/c1-7-9(10(13)18)14-11(8-3-2-6-20-8)15-12(7)17-4-5-19-16-17/h2-6,16H,1H3,(H2,13,18). The van der Waals surface area contributed by atoms with Crippen molar-refractivity contribution in [1.82, 2.24) is 15.6 Å². The van der Waals surface area contributed by atoms with Crippen LogP contribution in [0.4, 0.5) is 5.82 Å². The number of aromatic nitrogens is 2. The average molecular weight is 289 g/mol. The van der Waals surface area contributed by atoms with E-state index in [2.05, 4.69) is 15.6 Å². The van der Waals surface area contributed by atoms with E-state index >= 15 is 0 Å². The number of thiophene rings is 1. The first kappa shape index (κ1) is 12.6. The van der Waals surface area contributed by atoms with Crippen molar-refractivity contribution >= 4 is 23.1 Å². The molecule has 0 saturated heterocycles. The van der Waals surface area contributed by atoms with E-state index in [0.29, 0.717) is 17.2 Å². The number of nitrogens with one attached hydrogen (secondary N) is 1. The summed E-state index contributed by atoms with van der Waals surface area (Å²) in [5, 5.41) is 3.47. The zero-order valence-corrected chi connectivity index (χ0v) is 11.3. The van der Waals surface area contributed by atoms with Gasteiger partial charge in [-0.3, -0.25) is 4.79 Å². The lowest BCUT2D eigenvalue weighted by Gasteiger charge is -2.17. The predicted octanol–water partition coefficient (Wildman–Crippen LogP) is 1.34. The number of hydrogen-bond acceptors (Lipinski definition) is 7. The van der Waals surface area contributed by atoms with E-state index in [9.17, 15) is 4.79 Å². The Balaban J connectivity index is 2.17. The Labute approximate surface area is 118 Å². The highest BCUT2D eigenvalue weighted by Gasteiger charge is 2.21. The van der Waals surface area contributed by atoms with Gasteiger partial charge in [-0.1, -0.05) is 11.7 Å². The molecular weight excluding hydrogens is 278 g/mol. The summed E-state index contributed by atoms with van der Waals surface area (Å²) in [6.45, 7) is 1.74. The molecule has 0 unspecified atom stereocenters. The minimum atomic E-state index is -0.590. The van der Waals surface area contributed by atoms with E-state index in [1.54, 1.807) is 18.1 Å². The molecule has 7 nitrogen and oxygen atoms in total. The topological polar surface area (TPSA) is 93.4 Å². The summed E-state index contributed by atoms with van der Waals surface area (Å²) >= 11 is 1.49. The van der Waals surface area contributed by atoms with Gasteiger partial charge in [0.1, 0.15) is 12.0 Å². The number of rotatable bonds is 3. The highest BCUT2D eigenvalue weighted by molar-refractivity contribution is 7.13. The van der Waals surface area contributed by atoms with Crippen LogP contribution in [0.5, 0.6) is 0 Å². The molecule has 3 N–H and O–H groups in total. The summed E-state index contributed by atoms with van der Waals surface area (Å²) in [4.78, 5) is 26.1. The van der Waals surface area contributed by atoms with E-state index in [1.165, 1.54) is 17.6 Å². The number of carbonyl (C=O) groups is 1. The van der Waals surface area contributed by atoms with Crippen LogP contribution in [-0.2, 0) is 4.84 Å². The van der Waals surface area contributed by atoms with Gasteiger partial charge in [0.05, 0.1) is 11.1 Å². The van der Waals surface area contributed by atoms with E-state index in [0.717, 1.165) is 4.88 Å². The zero-order valence-electron chi connectivity index (χ0n) is 10.5. The number of amides is 1. The molecule has 3 heterocycles. The maximum atomic E-state index is 11.6. The van der Waals surface area contributed by atoms with Crippen molar-refractivity contribution in [2.45, 2.75) is 6.92 Å². The fourth-order valence-electron chi connectivity index (χ4n) is 1.82. The van der Waals surface area contributed by atoms with Crippen LogP contribution in [-0.4, -0.2) is 15.9 Å². The Morgan fingerprint density at radius 1 is 1.50 bits per heavy atom. The number of nitrogens with zero attached hydrogens (tertiary/aromatic N) is 3. The van der Waals surface area contributed by atoms with Crippen molar-refractivity contribution in [3.8, 4) is 10.7 Å². The Hall–Kier alpha value is -2.45. The first-order valence-corrected chi connectivity index (χ1v) is 6.64. The van der Waals surface area contributed by atoms with Crippen LogP contribution in [0, 0.1) is 6.92 Å². The molecule has 8 heteroatoms. The largest absolute Gasteiger partial charge is 0.395 e. The van der Waals surface area contributed by atoms with E-state index in [4.69, 9.17) is 10.6 Å². The Morgan fingerprint density at radius 2 is 2.35 bits per heavy atom. The molecule has 20 heavy (non-hydrogen) atoms. The lowest BCUT2D eigenvalue weighted by molar-refractivity contribution is 0.0994. The summed E-state index contributed by atoms with van der Waals surface area (Å²) in [5.74, 6) is 0.385. The Morgan fingerprint density at radius 3 is 2.95 bits per heavy atom. The summed E-state index contributed by atoms with van der Waals surface area (Å²) in [6, 6.07) is 3.78. The number of carbonyl (C=O) groups excluding carboxylic acids is 1. The fourth-order valence-corrected chi connectivity index (χ4v) is 2.48. The third-order valence-electron chi connectivity index (χ3n) is 2.75. The summed E-state index contributed by atoms with van der Waals surface area (Å²) < 4.78 is 0. The highest BCUT2D eigenvalue weighted by atomic mass is 32.1. The number of anilines is 1. The van der Waals surface area contributed by atoms with Gasteiger partial charge < -0.3 is 10.6 Å². The van der Waals surface area contributed by atoms with Gasteiger partial charge in [-0.15, -0.1) is 11.3 Å². The molecule has 2 aromatic heterocycles. The van der Waals surface area contributed by atoms with Crippen LogP contribution in [0.1, 0.15) is 16.1 Å². The van der Waals surface area contributed by atoms with Gasteiger partial charge >= 0.3 is 0 Å². The molecule has 0 radical (unpaired) electrons. The van der Waals surface area contributed by atoms with Gasteiger partial charge in [-0.2, -0.15) is 0 Å². The van der Waals surface area contributed by atoms with E-state index < -0.39 is 5.91 Å². The van der Waals surface area contributed by atoms with Gasteiger partial charge in [0.2, 0.25) is 0 Å². The maximum absolute atomic E-state index is 11.6. The molecule has 1 amide bonds. The maximum Gasteiger partial charge on any atom is 0.267 e. The minimum Gasteiger partial charge on any atom is -0.395 e. The molecular formula is C12H11N5O2S. The van der Waals surface area contributed by atoms with Crippen molar-refractivity contribution in [2.75, 3.05) is 5.01 Å². The predicted molar refractivity (Wildman–Crippen MR) is 74.4 cm³/mol. The normalized spacial score (nSPS) is 13.6. The first-order chi connectivity index (χ1) is 9.66. The van der Waals surface area contributed by atoms with Gasteiger partial charge in [-0.25, -0.2) is 15.0 Å². The minimum absolute atomic E-state index is 0.195. The zero-order chi connectivity index (χ0) is 14.1. The van der Waals surface area contributed by atoms with E-state index in [1.807, 2.05) is 17.5 Å². The van der Waals surface area contributed by atoms with E-state index in [-0.39, 0.29) is 5.69 Å². The molecule has 3 rings (SSSR count). The fraction of sp³-hybridized carbons (Fsp3) is 0.0833. The van der Waals surface area contributed by atoms with Crippen LogP contribution in [0.25, 0.3) is 10.7 Å². The lowest BCUT2D eigenvalue weighted by atomic mass is 10.2. The van der Waals surface area contributed by atoms with Crippen molar-refractivity contribution in [1.29, 1.82) is 0 Å². The van der Waals surface area contributed by atoms with Crippen LogP contribution in [0.15, 0.2) is 30.0 Å². The van der Waals surface area contributed by atoms with Gasteiger partial charge in [0, 0.05) is 5.56 Å². The second kappa shape index (κ2) is 4.91. The Bertz CT molecular complexity index is 683. The molecule has 0 bridgehead atoms. The molecule has 2 aromatic rings. The molecule has 0 spiro atoms. The van der Waals surface area contributed by atoms with Crippen molar-refractivity contribution in [3.63, 3.8) is 0 Å². The average Bonchev–Trinajstić information content (AvgIpc) is 3.12. The van der Waals surface area contributed by atoms with Crippen molar-refractivity contribution in [3.05, 3.63) is 41.2 Å². The van der Waals surface area contributed by atoms with Crippen molar-refractivity contribution < 1.29 is 9.63 Å². The molecule has 0 saturated carbocycles. The van der Waals surface area contributed by atoms with Gasteiger partial charge in [0.25, 0.3) is 5.91 Å². The van der Waals surface area contributed by atoms with Crippen LogP contribution < -0.4 is 16.3 Å². The van der Waals surface area contributed by atoms with Crippen molar-refractivity contribution in [2.24, 2.45) is 5.73 Å². The molecule has 1 aliphatic rings. The number of hydrazine groups is 1. The molecule has 1 aliphatic heterocycles. The number of hydrogen-bond donors (Lipinski definition) is 2. The lowest BCUT2D eigenvalue weighted by Crippen LogP contribution is -2.30. The summed E-state index contributed by atoms with van der Waals surface area (Å²) in [6.07, 6.45) is 3.12. The third kappa shape index (κ3) is 2.10. The Kier molecular flexibility index (Phi) is 3.09. The molecule has 102 valence electrons. The smallest absolute Gasteiger partial charge is 0.267 e. The summed E-state index contributed by atoms with van der Waals surface area (Å²) in [5.41, 5.74) is 8.80. The number of primary amides is 1. The van der Waals surface area contributed by atoms with Crippen LogP contribution in [0.3, 0.4) is 0 Å². The SMILES string of the molecule is Cc1c(C(N)=O)nc(-c2cccs2)nc1N1C=CON1. The van der Waals surface area contributed by atoms with Gasteiger partial charge in [0.15, 0.2) is 11.6 Å². The second-order valence-electron chi connectivity index (χ2n) is 4.05. The summed E-state index contributed by atoms with van der Waals surface area (Å²) in [7, 11) is 0. The third-order valence-corrected chi connectivity index (χ3v) is 3.62. The molecule has 0 aromatic carbocycles. The molecule has 0 atom stereocenters. The van der Waals surface area contributed by atoms with Crippen LogP contribution >= 0.6 is 11.3 Å². The second-order valence-corrected chi connectivity index (χ2v) is 5.00. The van der Waals surface area contributed by atoms with Crippen LogP contribution in [0.2, 0.25) is 0 Å². The monoisotopic (exact) mass is 289 g/mol. The number of nitrogens with two attached hydrogens (primary N) is 1.